The summed E-state index contributed by atoms with van der Waals surface area (Å²) in [5, 5.41) is 12.1. The summed E-state index contributed by atoms with van der Waals surface area (Å²) in [6.07, 6.45) is 0.0703. The van der Waals surface area contributed by atoms with Crippen LogP contribution in [0, 0.1) is 17.1 Å². The number of amides is 2. The molecule has 0 spiro atoms. The van der Waals surface area contributed by atoms with Crippen LogP contribution in [-0.4, -0.2) is 43.4 Å². The molecule has 2 amide bonds. The Hall–Kier alpha value is -2.95. The summed E-state index contributed by atoms with van der Waals surface area (Å²) < 4.78 is 14.1. The summed E-state index contributed by atoms with van der Waals surface area (Å²) in [7, 11) is 1.61. The van der Waals surface area contributed by atoms with Gasteiger partial charge in [-0.25, -0.2) is 4.39 Å². The van der Waals surface area contributed by atoms with Gasteiger partial charge in [0.25, 0.3) is 0 Å². The van der Waals surface area contributed by atoms with Crippen LogP contribution >= 0.6 is 11.6 Å². The van der Waals surface area contributed by atoms with Crippen LogP contribution in [0.4, 0.5) is 15.8 Å². The molecule has 28 heavy (non-hydrogen) atoms. The van der Waals surface area contributed by atoms with Crippen molar-refractivity contribution < 1.29 is 14.0 Å². The van der Waals surface area contributed by atoms with Gasteiger partial charge in [-0.3, -0.25) is 14.5 Å². The average molecular weight is 403 g/mol. The van der Waals surface area contributed by atoms with Crippen molar-refractivity contribution in [2.75, 3.05) is 36.9 Å². The van der Waals surface area contributed by atoms with Crippen molar-refractivity contribution in [3.8, 4) is 6.07 Å². The Labute approximate surface area is 168 Å². The Balaban J connectivity index is 1.97. The van der Waals surface area contributed by atoms with E-state index in [1.807, 2.05) is 6.07 Å². The largest absolute Gasteiger partial charge is 0.325 e. The second kappa shape index (κ2) is 10.4. The van der Waals surface area contributed by atoms with Crippen molar-refractivity contribution >= 4 is 34.8 Å². The van der Waals surface area contributed by atoms with E-state index in [9.17, 15) is 14.0 Å². The van der Waals surface area contributed by atoms with Gasteiger partial charge in [-0.05, 0) is 43.4 Å². The average Bonchev–Trinajstić information content (AvgIpc) is 2.65. The zero-order valence-corrected chi connectivity index (χ0v) is 16.1. The standard InChI is InChI=1S/C20H20ClFN4O2/c1-25(13-19(27)24-16-9-7-15(21)8-10-16)14-20(28)26(12-4-11-23)18-6-3-2-5-17(18)22/h2-3,5-10H,4,12-14H2,1H3,(H,24,27). The van der Waals surface area contributed by atoms with E-state index < -0.39 is 11.7 Å². The highest BCUT2D eigenvalue weighted by Crippen LogP contribution is 2.19. The molecule has 2 rings (SSSR count). The van der Waals surface area contributed by atoms with Crippen LogP contribution in [0.5, 0.6) is 0 Å². The maximum absolute atomic E-state index is 14.1. The number of nitrogens with one attached hydrogen (secondary N) is 1. The molecule has 0 saturated heterocycles. The van der Waals surface area contributed by atoms with Gasteiger partial charge in [-0.15, -0.1) is 0 Å². The monoisotopic (exact) mass is 402 g/mol. The van der Waals surface area contributed by atoms with Crippen LogP contribution in [0.15, 0.2) is 48.5 Å². The number of halogens is 2. The van der Waals surface area contributed by atoms with Gasteiger partial charge in [0.2, 0.25) is 11.8 Å². The number of carbonyl (C=O) groups excluding carboxylic acids is 2. The van der Waals surface area contributed by atoms with Gasteiger partial charge in [0.1, 0.15) is 5.82 Å². The number of hydrogen-bond acceptors (Lipinski definition) is 4. The Morgan fingerprint density at radius 2 is 1.82 bits per heavy atom. The number of carbonyl (C=O) groups is 2. The van der Waals surface area contributed by atoms with E-state index in [4.69, 9.17) is 16.9 Å². The molecule has 0 aromatic heterocycles. The SMILES string of the molecule is CN(CC(=O)Nc1ccc(Cl)cc1)CC(=O)N(CCC#N)c1ccccc1F. The highest BCUT2D eigenvalue weighted by atomic mass is 35.5. The lowest BCUT2D eigenvalue weighted by Gasteiger charge is -2.25. The van der Waals surface area contributed by atoms with Gasteiger partial charge in [0.05, 0.1) is 31.3 Å². The predicted molar refractivity (Wildman–Crippen MR) is 107 cm³/mol. The summed E-state index contributed by atoms with van der Waals surface area (Å²) in [5.74, 6) is -1.24. The highest BCUT2D eigenvalue weighted by molar-refractivity contribution is 6.30. The number of nitrogens with zero attached hydrogens (tertiary/aromatic N) is 3. The molecule has 0 aliphatic rings. The number of hydrogen-bond donors (Lipinski definition) is 1. The van der Waals surface area contributed by atoms with Crippen LogP contribution in [0.25, 0.3) is 0 Å². The summed E-state index contributed by atoms with van der Waals surface area (Å²) in [6, 6.07) is 14.5. The van der Waals surface area contributed by atoms with E-state index in [0.29, 0.717) is 10.7 Å². The first-order valence-electron chi connectivity index (χ1n) is 8.56. The van der Waals surface area contributed by atoms with E-state index in [1.54, 1.807) is 37.4 Å². The number of likely N-dealkylation sites (N-methyl/N-ethyl adjacent to an activating group) is 1. The van der Waals surface area contributed by atoms with Crippen LogP contribution in [-0.2, 0) is 9.59 Å². The third-order valence-electron chi connectivity index (χ3n) is 3.84. The molecule has 8 heteroatoms. The summed E-state index contributed by atoms with van der Waals surface area (Å²) in [6.45, 7) is -0.0629. The zero-order valence-electron chi connectivity index (χ0n) is 15.4. The van der Waals surface area contributed by atoms with Gasteiger partial charge in [0.15, 0.2) is 0 Å². The zero-order chi connectivity index (χ0) is 20.5. The maximum atomic E-state index is 14.1. The molecule has 0 bridgehead atoms. The number of benzene rings is 2. The molecule has 0 aliphatic carbocycles. The summed E-state index contributed by atoms with van der Waals surface area (Å²) in [4.78, 5) is 27.5. The third kappa shape index (κ3) is 6.34. The fraction of sp³-hybridized carbons (Fsp3) is 0.250. The first-order valence-corrected chi connectivity index (χ1v) is 8.94. The van der Waals surface area contributed by atoms with E-state index in [0.717, 1.165) is 0 Å². The molecule has 2 aromatic rings. The van der Waals surface area contributed by atoms with Crippen molar-refractivity contribution in [3.63, 3.8) is 0 Å². The highest BCUT2D eigenvalue weighted by Gasteiger charge is 2.20. The quantitative estimate of drug-likeness (QED) is 0.735. The molecule has 1 N–H and O–H groups in total. The van der Waals surface area contributed by atoms with Crippen LogP contribution in [0.1, 0.15) is 6.42 Å². The first-order chi connectivity index (χ1) is 13.4. The number of rotatable bonds is 8. The van der Waals surface area contributed by atoms with Gasteiger partial charge >= 0.3 is 0 Å². The van der Waals surface area contributed by atoms with E-state index in [1.165, 1.54) is 28.0 Å². The lowest BCUT2D eigenvalue weighted by Crippen LogP contribution is -2.42. The number of para-hydroxylation sites is 1. The summed E-state index contributed by atoms with van der Waals surface area (Å²) >= 11 is 5.81. The minimum Gasteiger partial charge on any atom is -0.325 e. The van der Waals surface area contributed by atoms with Crippen molar-refractivity contribution in [1.29, 1.82) is 5.26 Å². The lowest BCUT2D eigenvalue weighted by atomic mass is 10.2. The topological polar surface area (TPSA) is 76.4 Å². The Bertz CT molecular complexity index is 867. The molecule has 2 aromatic carbocycles. The van der Waals surface area contributed by atoms with Gasteiger partial charge in [0, 0.05) is 17.3 Å². The minimum atomic E-state index is -0.545. The molecular formula is C20H20ClFN4O2. The van der Waals surface area contributed by atoms with Crippen LogP contribution in [0.3, 0.4) is 0 Å². The Morgan fingerprint density at radius 1 is 1.14 bits per heavy atom. The lowest BCUT2D eigenvalue weighted by molar-refractivity contribution is -0.121. The number of anilines is 2. The molecule has 0 aliphatic heterocycles. The molecule has 0 heterocycles. The van der Waals surface area contributed by atoms with Crippen LogP contribution < -0.4 is 10.2 Å². The van der Waals surface area contributed by atoms with E-state index in [-0.39, 0.29) is 37.6 Å². The fourth-order valence-electron chi connectivity index (χ4n) is 2.56. The van der Waals surface area contributed by atoms with Crippen molar-refractivity contribution in [3.05, 3.63) is 59.4 Å². The third-order valence-corrected chi connectivity index (χ3v) is 4.09. The fourth-order valence-corrected chi connectivity index (χ4v) is 2.69. The second-order valence-corrected chi connectivity index (χ2v) is 6.57. The van der Waals surface area contributed by atoms with Gasteiger partial charge in [-0.2, -0.15) is 5.26 Å². The first kappa shape index (κ1) is 21.4. The van der Waals surface area contributed by atoms with E-state index in [2.05, 4.69) is 5.32 Å². The Morgan fingerprint density at radius 3 is 2.46 bits per heavy atom. The van der Waals surface area contributed by atoms with E-state index >= 15 is 0 Å². The molecule has 0 saturated carbocycles. The van der Waals surface area contributed by atoms with Gasteiger partial charge in [-0.1, -0.05) is 23.7 Å². The predicted octanol–water partition coefficient (Wildman–Crippen LogP) is 3.30. The number of nitriles is 1. The molecule has 6 nitrogen and oxygen atoms in total. The molecule has 0 unspecified atom stereocenters. The molecule has 0 radical (unpaired) electrons. The maximum Gasteiger partial charge on any atom is 0.241 e. The smallest absolute Gasteiger partial charge is 0.241 e. The molecule has 146 valence electrons. The minimum absolute atomic E-state index is 0.0300. The van der Waals surface area contributed by atoms with Crippen LogP contribution in [0.2, 0.25) is 5.02 Å². The second-order valence-electron chi connectivity index (χ2n) is 6.13. The molecule has 0 atom stereocenters. The van der Waals surface area contributed by atoms with Gasteiger partial charge < -0.3 is 10.2 Å². The van der Waals surface area contributed by atoms with Crippen molar-refractivity contribution in [2.24, 2.45) is 0 Å². The normalized spacial score (nSPS) is 10.4. The summed E-state index contributed by atoms with van der Waals surface area (Å²) in [5.41, 5.74) is 0.706. The Kier molecular flexibility index (Phi) is 7.93. The molecule has 0 fully saturated rings. The van der Waals surface area contributed by atoms with Crippen molar-refractivity contribution in [2.45, 2.75) is 6.42 Å². The van der Waals surface area contributed by atoms with Crippen molar-refractivity contribution in [1.82, 2.24) is 4.90 Å². The molecular weight excluding hydrogens is 383 g/mol.